The average Bonchev–Trinajstić information content (AvgIpc) is 3.48. The molecule has 3 aromatic carbocycles. The van der Waals surface area contributed by atoms with E-state index in [0.717, 1.165) is 5.39 Å². The molecule has 16 heteroatoms. The van der Waals surface area contributed by atoms with Gasteiger partial charge in [-0.3, -0.25) is 14.2 Å². The first-order valence-corrected chi connectivity index (χ1v) is 17.2. The summed E-state index contributed by atoms with van der Waals surface area (Å²) in [5.74, 6) is -0.232. The van der Waals surface area contributed by atoms with Crippen molar-refractivity contribution in [3.63, 3.8) is 0 Å². The first-order valence-electron chi connectivity index (χ1n) is 14.8. The minimum atomic E-state index is -4.24. The molecule has 0 spiro atoms. The van der Waals surface area contributed by atoms with Crippen molar-refractivity contribution < 1.29 is 32.3 Å². The molecule has 0 bridgehead atoms. The van der Waals surface area contributed by atoms with E-state index in [2.05, 4.69) is 37.0 Å². The number of ether oxygens (including phenoxy) is 1. The molecule has 2 N–H and O–H groups in total. The average molecular weight is 688 g/mol. The quantitative estimate of drug-likeness (QED) is 0.0878. The monoisotopic (exact) mass is 687 g/mol. The number of anilines is 3. The number of benzene rings is 3. The number of rotatable bonds is 11. The van der Waals surface area contributed by atoms with E-state index in [-0.39, 0.29) is 27.4 Å². The Bertz CT molecular complexity index is 2080. The van der Waals surface area contributed by atoms with Crippen LogP contribution >= 0.6 is 11.8 Å². The van der Waals surface area contributed by atoms with E-state index in [1.165, 1.54) is 42.1 Å². The number of nitrogens with zero attached hydrogens (tertiary/aromatic N) is 5. The van der Waals surface area contributed by atoms with Crippen LogP contribution in [-0.4, -0.2) is 65.2 Å². The van der Waals surface area contributed by atoms with Gasteiger partial charge in [0.15, 0.2) is 5.16 Å². The first-order chi connectivity index (χ1) is 23.2. The van der Waals surface area contributed by atoms with Crippen LogP contribution in [0, 0.1) is 5.21 Å². The van der Waals surface area contributed by atoms with Crippen LogP contribution in [0.2, 0.25) is 0 Å². The standard InChI is InChI=1S/C32H29N7O7S2/c1-2-27(40)33-21-9-8-10-22(19-21)34-29-25-13-6-7-14-26(25)35-32(36-29)47-20-28(41)38-17-15-23(16-18-38)45-30-31(39(42)46-37-30)48(43,44)24-11-4-3-5-12-24/h2-14,19,23H,1,15-18,20H2,(H,33,40)(H,34,35,36). The number of amides is 2. The van der Waals surface area contributed by atoms with Crippen LogP contribution in [-0.2, 0) is 19.4 Å². The van der Waals surface area contributed by atoms with Gasteiger partial charge in [-0.05, 0) is 53.4 Å². The van der Waals surface area contributed by atoms with Gasteiger partial charge in [0.1, 0.15) is 11.9 Å². The van der Waals surface area contributed by atoms with Crippen LogP contribution in [0.15, 0.2) is 111 Å². The van der Waals surface area contributed by atoms with Crippen molar-refractivity contribution in [3.8, 4) is 5.88 Å². The van der Waals surface area contributed by atoms with E-state index in [4.69, 9.17) is 4.74 Å². The summed E-state index contributed by atoms with van der Waals surface area (Å²) in [5, 5.41) is 22.3. The Morgan fingerprint density at radius 2 is 1.77 bits per heavy atom. The minimum Gasteiger partial charge on any atom is -0.451 e. The molecule has 1 aliphatic heterocycles. The molecule has 0 aliphatic carbocycles. The molecule has 0 atom stereocenters. The second-order valence-electron chi connectivity index (χ2n) is 10.6. The Morgan fingerprint density at radius 3 is 2.54 bits per heavy atom. The summed E-state index contributed by atoms with van der Waals surface area (Å²) in [6, 6.07) is 22.1. The normalized spacial score (nSPS) is 13.6. The third-order valence-corrected chi connectivity index (χ3v) is 9.97. The van der Waals surface area contributed by atoms with Crippen LogP contribution in [0.1, 0.15) is 12.8 Å². The maximum Gasteiger partial charge on any atom is 0.415 e. The largest absolute Gasteiger partial charge is 0.451 e. The second kappa shape index (κ2) is 14.1. The minimum absolute atomic E-state index is 0.0886. The predicted octanol–water partition coefficient (Wildman–Crippen LogP) is 4.11. The fourth-order valence-corrected chi connectivity index (χ4v) is 7.08. The molecule has 3 heterocycles. The first kappa shape index (κ1) is 32.5. The van der Waals surface area contributed by atoms with Crippen molar-refractivity contribution >= 4 is 61.5 Å². The van der Waals surface area contributed by atoms with E-state index < -0.39 is 26.8 Å². The Kier molecular flexibility index (Phi) is 9.54. The summed E-state index contributed by atoms with van der Waals surface area (Å²) in [4.78, 5) is 35.7. The lowest BCUT2D eigenvalue weighted by Crippen LogP contribution is -2.42. The molecule has 2 aromatic heterocycles. The highest BCUT2D eigenvalue weighted by molar-refractivity contribution is 7.99. The number of hydrogen-bond acceptors (Lipinski definition) is 12. The number of nitrogens with one attached hydrogen (secondary N) is 2. The number of fused-ring (bicyclic) bond motifs is 1. The number of thioether (sulfide) groups is 1. The van der Waals surface area contributed by atoms with Gasteiger partial charge in [-0.25, -0.2) is 18.4 Å². The Hall–Kier alpha value is -5.48. The van der Waals surface area contributed by atoms with Gasteiger partial charge in [0, 0.05) is 42.7 Å². The molecule has 5 aromatic rings. The Labute approximate surface area is 279 Å². The molecule has 0 unspecified atom stereocenters. The fourth-order valence-electron chi connectivity index (χ4n) is 5.04. The molecule has 0 radical (unpaired) electrons. The molecule has 14 nitrogen and oxygen atoms in total. The van der Waals surface area contributed by atoms with Crippen LogP contribution in [0.3, 0.4) is 0 Å². The highest BCUT2D eigenvalue weighted by Gasteiger charge is 2.37. The van der Waals surface area contributed by atoms with Crippen molar-refractivity contribution in [2.24, 2.45) is 0 Å². The van der Waals surface area contributed by atoms with Crippen molar-refractivity contribution in [2.45, 2.75) is 34.0 Å². The Morgan fingerprint density at radius 1 is 1.04 bits per heavy atom. The molecule has 1 aliphatic rings. The van der Waals surface area contributed by atoms with Crippen molar-refractivity contribution in [2.75, 3.05) is 29.5 Å². The maximum absolute atomic E-state index is 13.2. The maximum atomic E-state index is 13.2. The van der Waals surface area contributed by atoms with E-state index in [1.54, 1.807) is 29.2 Å². The number of piperidine rings is 1. The summed E-state index contributed by atoms with van der Waals surface area (Å²) in [7, 11) is -4.24. The number of aromatic nitrogens is 4. The van der Waals surface area contributed by atoms with E-state index in [1.807, 2.05) is 30.3 Å². The van der Waals surface area contributed by atoms with Crippen molar-refractivity contribution in [3.05, 3.63) is 96.7 Å². The summed E-state index contributed by atoms with van der Waals surface area (Å²) in [5.41, 5.74) is 1.98. The van der Waals surface area contributed by atoms with Gasteiger partial charge in [0.25, 0.3) is 9.84 Å². The zero-order chi connectivity index (χ0) is 33.7. The lowest BCUT2D eigenvalue weighted by atomic mass is 10.1. The van der Waals surface area contributed by atoms with Gasteiger partial charge >= 0.3 is 10.9 Å². The molecule has 1 saturated heterocycles. The van der Waals surface area contributed by atoms with Crippen molar-refractivity contribution in [1.29, 1.82) is 0 Å². The van der Waals surface area contributed by atoms with Crippen molar-refractivity contribution in [1.82, 2.24) is 20.0 Å². The summed E-state index contributed by atoms with van der Waals surface area (Å²) in [6.07, 6.45) is 1.48. The lowest BCUT2D eigenvalue weighted by molar-refractivity contribution is -0.832. The number of para-hydroxylation sites is 1. The smallest absolute Gasteiger partial charge is 0.415 e. The number of carbonyl (C=O) groups is 2. The molecule has 0 saturated carbocycles. The number of carbonyl (C=O) groups excluding carboxylic acids is 2. The molecule has 48 heavy (non-hydrogen) atoms. The van der Waals surface area contributed by atoms with Gasteiger partial charge in [-0.1, -0.05) is 54.7 Å². The zero-order valence-corrected chi connectivity index (χ0v) is 26.9. The number of likely N-dealkylation sites (tertiary alicyclic amines) is 1. The van der Waals surface area contributed by atoms with E-state index >= 15 is 0 Å². The third-order valence-electron chi connectivity index (χ3n) is 7.41. The SMILES string of the molecule is C=CC(=O)Nc1cccc(Nc2nc(SCC(=O)N3CCC(Oc4no[n+]([O-])c4S(=O)(=O)c4ccccc4)CC3)nc3ccccc23)c1. The van der Waals surface area contributed by atoms with Crippen LogP contribution in [0.25, 0.3) is 10.9 Å². The molecule has 6 rings (SSSR count). The van der Waals surface area contributed by atoms with Gasteiger partial charge in [0.2, 0.25) is 11.8 Å². The van der Waals surface area contributed by atoms with Crippen LogP contribution in [0.5, 0.6) is 5.88 Å². The molecule has 2 amide bonds. The van der Waals surface area contributed by atoms with Gasteiger partial charge in [-0.15, -0.1) is 0 Å². The second-order valence-corrected chi connectivity index (χ2v) is 13.4. The van der Waals surface area contributed by atoms with Crippen LogP contribution < -0.4 is 20.3 Å². The molecule has 246 valence electrons. The van der Waals surface area contributed by atoms with E-state index in [0.29, 0.717) is 53.8 Å². The number of sulfone groups is 1. The van der Waals surface area contributed by atoms with E-state index in [9.17, 15) is 23.2 Å². The molecular weight excluding hydrogens is 659 g/mol. The third kappa shape index (κ3) is 7.24. The summed E-state index contributed by atoms with van der Waals surface area (Å²) < 4.78 is 36.5. The zero-order valence-electron chi connectivity index (χ0n) is 25.3. The lowest BCUT2D eigenvalue weighted by Gasteiger charge is -2.31. The highest BCUT2D eigenvalue weighted by atomic mass is 32.2. The number of hydrogen-bond donors (Lipinski definition) is 2. The summed E-state index contributed by atoms with van der Waals surface area (Å²) in [6.45, 7) is 4.18. The summed E-state index contributed by atoms with van der Waals surface area (Å²) >= 11 is 1.21. The highest BCUT2D eigenvalue weighted by Crippen LogP contribution is 2.30. The van der Waals surface area contributed by atoms with Crippen LogP contribution in [0.4, 0.5) is 17.2 Å². The topological polar surface area (TPSA) is 184 Å². The van der Waals surface area contributed by atoms with Gasteiger partial charge in [0.05, 0.1) is 21.3 Å². The van der Waals surface area contributed by atoms with Gasteiger partial charge in [-0.2, -0.15) is 0 Å². The predicted molar refractivity (Wildman–Crippen MR) is 176 cm³/mol. The van der Waals surface area contributed by atoms with Gasteiger partial charge < -0.3 is 25.5 Å². The molecular formula is C32H29N7O7S2. The fraction of sp³-hybridized carbons (Fsp3) is 0.188. The molecule has 1 fully saturated rings. The Balaban J connectivity index is 1.08.